The van der Waals surface area contributed by atoms with E-state index in [1.54, 1.807) is 4.90 Å². The Hall–Kier alpha value is -2.88. The number of carbonyl (C=O) groups is 1. The Kier molecular flexibility index (Phi) is 7.04. The molecule has 1 aliphatic carbocycles. The van der Waals surface area contributed by atoms with Crippen molar-refractivity contribution in [1.82, 2.24) is 14.8 Å². The number of hydrogen-bond donors (Lipinski definition) is 1. The minimum absolute atomic E-state index is 0.0514. The Morgan fingerprint density at radius 2 is 1.71 bits per heavy atom. The molecule has 1 N–H and O–H groups in total. The Morgan fingerprint density at radius 3 is 2.37 bits per heavy atom. The zero-order valence-corrected chi connectivity index (χ0v) is 24.3. The first-order chi connectivity index (χ1) is 18.0. The lowest BCUT2D eigenvalue weighted by Gasteiger charge is -2.48. The van der Waals surface area contributed by atoms with Gasteiger partial charge in [0, 0.05) is 20.2 Å². The van der Waals surface area contributed by atoms with Crippen molar-refractivity contribution in [3.8, 4) is 0 Å². The van der Waals surface area contributed by atoms with Gasteiger partial charge in [0.25, 0.3) is 0 Å². The highest BCUT2D eigenvalue weighted by molar-refractivity contribution is 6.76. The van der Waals surface area contributed by atoms with Crippen molar-refractivity contribution < 1.29 is 13.9 Å². The molecule has 0 atom stereocenters. The molecule has 2 aliphatic rings. The van der Waals surface area contributed by atoms with E-state index in [0.29, 0.717) is 29.9 Å². The molecule has 0 bridgehead atoms. The van der Waals surface area contributed by atoms with Crippen LogP contribution in [0.15, 0.2) is 57.7 Å². The lowest BCUT2D eigenvalue weighted by atomic mass is 9.69. The summed E-state index contributed by atoms with van der Waals surface area (Å²) in [6.07, 6.45) is 3.63. The molecule has 2 heterocycles. The van der Waals surface area contributed by atoms with Crippen LogP contribution in [0.25, 0.3) is 11.1 Å². The van der Waals surface area contributed by atoms with Gasteiger partial charge in [-0.25, -0.2) is 14.2 Å². The molecule has 38 heavy (non-hydrogen) atoms. The van der Waals surface area contributed by atoms with Crippen molar-refractivity contribution in [1.29, 1.82) is 0 Å². The Labute approximate surface area is 225 Å². The summed E-state index contributed by atoms with van der Waals surface area (Å²) in [6.45, 7) is 8.19. The number of fused-ring (bicyclic) bond motifs is 1. The second kappa shape index (κ2) is 10.0. The van der Waals surface area contributed by atoms with Crippen molar-refractivity contribution in [2.45, 2.75) is 69.2 Å². The first-order valence-electron chi connectivity index (χ1n) is 13.6. The zero-order chi connectivity index (χ0) is 27.1. The van der Waals surface area contributed by atoms with E-state index in [4.69, 9.17) is 9.15 Å². The summed E-state index contributed by atoms with van der Waals surface area (Å²) in [5.41, 5.74) is 2.67. The number of nitrogens with zero attached hydrogens (tertiary/aromatic N) is 3. The third-order valence-corrected chi connectivity index (χ3v) is 10.2. The largest absolute Gasteiger partial charge is 0.421 e. The van der Waals surface area contributed by atoms with E-state index in [1.807, 2.05) is 18.2 Å². The smallest absolute Gasteiger partial charge is 0.405 e. The monoisotopic (exact) mass is 536 g/mol. The van der Waals surface area contributed by atoms with Crippen LogP contribution in [0, 0.1) is 0 Å². The Bertz CT molecular complexity index is 1350. The number of anilines is 1. The normalized spacial score (nSPS) is 24.1. The average molecular weight is 537 g/mol. The predicted molar refractivity (Wildman–Crippen MR) is 153 cm³/mol. The van der Waals surface area contributed by atoms with Gasteiger partial charge in [-0.15, -0.1) is 0 Å². The molecule has 2 aromatic carbocycles. The van der Waals surface area contributed by atoms with Gasteiger partial charge in [0.1, 0.15) is 6.73 Å². The summed E-state index contributed by atoms with van der Waals surface area (Å²) in [5.74, 6) is -0.467. The first-order valence-corrected chi connectivity index (χ1v) is 17.3. The van der Waals surface area contributed by atoms with E-state index in [-0.39, 0.29) is 23.8 Å². The van der Waals surface area contributed by atoms with Gasteiger partial charge >= 0.3 is 11.8 Å². The van der Waals surface area contributed by atoms with Crippen LogP contribution in [0.3, 0.4) is 0 Å². The second-order valence-corrected chi connectivity index (χ2v) is 18.0. The molecule has 1 spiro atoms. The lowest BCUT2D eigenvalue weighted by Crippen LogP contribution is -2.54. The molecule has 3 aromatic rings. The fourth-order valence-corrected chi connectivity index (χ4v) is 6.77. The SMILES string of the molecule is CN(C)[C@]1(c2ccccc2)CC[C@@]2(CC1)CN(c1cccc3c1oc(=O)n3COCC[Si](C)(C)C)C(=O)N2. The minimum Gasteiger partial charge on any atom is -0.405 e. The molecule has 8 nitrogen and oxygen atoms in total. The van der Waals surface area contributed by atoms with Gasteiger partial charge < -0.3 is 14.5 Å². The van der Waals surface area contributed by atoms with Crippen molar-refractivity contribution in [3.63, 3.8) is 0 Å². The van der Waals surface area contributed by atoms with Gasteiger partial charge in [0.05, 0.1) is 23.3 Å². The molecule has 1 aliphatic heterocycles. The lowest BCUT2D eigenvalue weighted by molar-refractivity contribution is 0.0658. The molecule has 1 saturated heterocycles. The van der Waals surface area contributed by atoms with Gasteiger partial charge in [0.15, 0.2) is 5.58 Å². The third kappa shape index (κ3) is 4.94. The highest BCUT2D eigenvalue weighted by Crippen LogP contribution is 2.46. The molecule has 9 heteroatoms. The molecular formula is C29H40N4O4Si. The Balaban J connectivity index is 1.35. The standard InChI is InChI=1S/C29H40N4O4Si/c1-31(2)29(22-10-7-6-8-11-22)16-14-28(15-17-29)20-32(26(34)30-28)23-12-9-13-24-25(23)37-27(35)33(24)21-36-18-19-38(3,4)5/h6-13H,14-21H2,1-5H3,(H,30,34)/t28-,29-. The summed E-state index contributed by atoms with van der Waals surface area (Å²) in [6, 6.07) is 17.1. The number of rotatable bonds is 8. The maximum atomic E-state index is 13.3. The van der Waals surface area contributed by atoms with Crippen molar-refractivity contribution in [2.24, 2.45) is 0 Å². The zero-order valence-electron chi connectivity index (χ0n) is 23.3. The number of hydrogen-bond acceptors (Lipinski definition) is 5. The summed E-state index contributed by atoms with van der Waals surface area (Å²) >= 11 is 0. The Morgan fingerprint density at radius 1 is 1.00 bits per heavy atom. The van der Waals surface area contributed by atoms with Crippen LogP contribution in [0.1, 0.15) is 31.2 Å². The second-order valence-electron chi connectivity index (χ2n) is 12.4. The molecule has 2 fully saturated rings. The molecular weight excluding hydrogens is 496 g/mol. The van der Waals surface area contributed by atoms with Crippen LogP contribution >= 0.6 is 0 Å². The number of ether oxygens (including phenoxy) is 1. The van der Waals surface area contributed by atoms with E-state index in [2.05, 4.69) is 74.3 Å². The number of carbonyl (C=O) groups excluding carboxylic acids is 1. The van der Waals surface area contributed by atoms with Crippen LogP contribution in [-0.4, -0.2) is 56.4 Å². The van der Waals surface area contributed by atoms with Crippen molar-refractivity contribution in [3.05, 3.63) is 64.6 Å². The highest BCUT2D eigenvalue weighted by Gasteiger charge is 2.50. The van der Waals surface area contributed by atoms with E-state index in [0.717, 1.165) is 31.7 Å². The van der Waals surface area contributed by atoms with Gasteiger partial charge in [0.2, 0.25) is 0 Å². The first kappa shape index (κ1) is 26.7. The minimum atomic E-state index is -1.23. The number of oxazole rings is 1. The quantitative estimate of drug-likeness (QED) is 0.316. The molecule has 1 saturated carbocycles. The van der Waals surface area contributed by atoms with E-state index >= 15 is 0 Å². The molecule has 0 radical (unpaired) electrons. The van der Waals surface area contributed by atoms with Crippen molar-refractivity contribution in [2.75, 3.05) is 32.1 Å². The van der Waals surface area contributed by atoms with Crippen LogP contribution in [-0.2, 0) is 17.0 Å². The van der Waals surface area contributed by atoms with Crippen LogP contribution in [0.2, 0.25) is 25.7 Å². The van der Waals surface area contributed by atoms with E-state index in [9.17, 15) is 9.59 Å². The third-order valence-electron chi connectivity index (χ3n) is 8.46. The fourth-order valence-electron chi connectivity index (χ4n) is 6.01. The van der Waals surface area contributed by atoms with Crippen LogP contribution in [0.4, 0.5) is 10.5 Å². The van der Waals surface area contributed by atoms with Crippen molar-refractivity contribution >= 4 is 30.9 Å². The predicted octanol–water partition coefficient (Wildman–Crippen LogP) is 5.21. The summed E-state index contributed by atoms with van der Waals surface area (Å²) < 4.78 is 13.0. The number of aromatic nitrogens is 1. The van der Waals surface area contributed by atoms with Crippen LogP contribution in [0.5, 0.6) is 0 Å². The average Bonchev–Trinajstić information content (AvgIpc) is 3.37. The fraction of sp³-hybridized carbons (Fsp3) is 0.517. The molecule has 0 unspecified atom stereocenters. The van der Waals surface area contributed by atoms with Gasteiger partial charge in [-0.05, 0) is 63.5 Å². The van der Waals surface area contributed by atoms with E-state index in [1.165, 1.54) is 10.1 Å². The summed E-state index contributed by atoms with van der Waals surface area (Å²) in [5, 5.41) is 3.31. The number of benzene rings is 2. The maximum Gasteiger partial charge on any atom is 0.421 e. The number of urea groups is 1. The number of nitrogens with one attached hydrogen (secondary N) is 1. The number of amides is 2. The molecule has 2 amide bonds. The topological polar surface area (TPSA) is 79.9 Å². The molecule has 204 valence electrons. The van der Waals surface area contributed by atoms with E-state index < -0.39 is 13.8 Å². The van der Waals surface area contributed by atoms with Gasteiger partial charge in [-0.2, -0.15) is 0 Å². The summed E-state index contributed by atoms with van der Waals surface area (Å²) in [4.78, 5) is 30.1. The van der Waals surface area contributed by atoms with Gasteiger partial charge in [-0.3, -0.25) is 9.80 Å². The van der Waals surface area contributed by atoms with Gasteiger partial charge in [-0.1, -0.05) is 56.0 Å². The molecule has 5 rings (SSSR count). The number of para-hydroxylation sites is 1. The summed E-state index contributed by atoms with van der Waals surface area (Å²) in [7, 11) is 3.07. The van der Waals surface area contributed by atoms with Crippen LogP contribution < -0.4 is 16.0 Å². The highest BCUT2D eigenvalue weighted by atomic mass is 28.3. The maximum absolute atomic E-state index is 13.3. The molecule has 1 aromatic heterocycles.